The molecule has 5 heteroatoms. The fourth-order valence-electron chi connectivity index (χ4n) is 2.02. The zero-order valence-corrected chi connectivity index (χ0v) is 12.8. The number of hydrogen-bond acceptors (Lipinski definition) is 4. The van der Waals surface area contributed by atoms with Crippen molar-refractivity contribution in [3.63, 3.8) is 0 Å². The summed E-state index contributed by atoms with van der Waals surface area (Å²) >= 11 is 0. The Morgan fingerprint density at radius 2 is 2.00 bits per heavy atom. The van der Waals surface area contributed by atoms with Gasteiger partial charge in [-0.2, -0.15) is 0 Å². The highest BCUT2D eigenvalue weighted by Gasteiger charge is 2.19. The average molecular weight is 287 g/mol. The lowest BCUT2D eigenvalue weighted by Gasteiger charge is -2.24. The fraction of sp³-hybridized carbons (Fsp3) is 0.375. The Bertz CT molecular complexity index is 662. The summed E-state index contributed by atoms with van der Waals surface area (Å²) < 4.78 is 0. The van der Waals surface area contributed by atoms with Gasteiger partial charge in [0.15, 0.2) is 0 Å². The number of carbonyl (C=O) groups excluding carboxylic acids is 1. The Balaban J connectivity index is 2.23. The predicted molar refractivity (Wildman–Crippen MR) is 84.4 cm³/mol. The number of carbonyl (C=O) groups is 1. The summed E-state index contributed by atoms with van der Waals surface area (Å²) in [5.74, 6) is 0.659. The van der Waals surface area contributed by atoms with Gasteiger partial charge in [0.2, 0.25) is 5.91 Å². The van der Waals surface area contributed by atoms with E-state index in [0.29, 0.717) is 5.82 Å². The molecule has 1 aromatic carbocycles. The van der Waals surface area contributed by atoms with Crippen LogP contribution >= 0.6 is 0 Å². The molecular weight excluding hydrogens is 266 g/mol. The van der Waals surface area contributed by atoms with Gasteiger partial charge in [-0.1, -0.05) is 6.07 Å². The van der Waals surface area contributed by atoms with Crippen LogP contribution in [0.25, 0.3) is 10.8 Å². The number of anilines is 1. The summed E-state index contributed by atoms with van der Waals surface area (Å²) in [5.41, 5.74) is -0.280. The van der Waals surface area contributed by atoms with Crippen LogP contribution in [0.4, 0.5) is 5.82 Å². The third-order valence-electron chi connectivity index (χ3n) is 2.99. The van der Waals surface area contributed by atoms with Crippen LogP contribution in [0.2, 0.25) is 0 Å². The number of benzene rings is 1. The zero-order chi connectivity index (χ0) is 15.6. The van der Waals surface area contributed by atoms with E-state index in [1.54, 1.807) is 25.3 Å². The van der Waals surface area contributed by atoms with Gasteiger partial charge in [0.1, 0.15) is 17.6 Å². The van der Waals surface area contributed by atoms with E-state index in [9.17, 15) is 9.90 Å². The highest BCUT2D eigenvalue weighted by atomic mass is 16.3. The minimum atomic E-state index is -0.426. The first-order chi connectivity index (χ1) is 9.76. The molecule has 0 bridgehead atoms. The van der Waals surface area contributed by atoms with E-state index in [1.165, 1.54) is 0 Å². The lowest BCUT2D eigenvalue weighted by atomic mass is 10.1. The van der Waals surface area contributed by atoms with Gasteiger partial charge in [0, 0.05) is 17.1 Å². The summed E-state index contributed by atoms with van der Waals surface area (Å²) in [6.07, 6.45) is 1.68. The van der Waals surface area contributed by atoms with Crippen LogP contribution in [-0.4, -0.2) is 27.6 Å². The van der Waals surface area contributed by atoms with Crippen molar-refractivity contribution in [2.24, 2.45) is 0 Å². The Morgan fingerprint density at radius 1 is 1.29 bits per heavy atom. The number of phenols is 1. The smallest absolute Gasteiger partial charge is 0.242 e. The van der Waals surface area contributed by atoms with E-state index < -0.39 is 6.04 Å². The number of nitrogens with zero attached hydrogens (tertiary/aromatic N) is 1. The van der Waals surface area contributed by atoms with Crippen molar-refractivity contribution in [3.8, 4) is 5.75 Å². The quantitative estimate of drug-likeness (QED) is 0.811. The van der Waals surface area contributed by atoms with Crippen molar-refractivity contribution in [1.82, 2.24) is 10.3 Å². The normalized spacial score (nSPS) is 13.0. The van der Waals surface area contributed by atoms with Crippen LogP contribution in [0.5, 0.6) is 5.75 Å². The molecule has 112 valence electrons. The molecule has 0 aliphatic carbocycles. The highest BCUT2D eigenvalue weighted by molar-refractivity contribution is 5.94. The molecule has 0 radical (unpaired) electrons. The van der Waals surface area contributed by atoms with E-state index >= 15 is 0 Å². The number of rotatable bonds is 3. The number of amides is 1. The minimum Gasteiger partial charge on any atom is -0.508 e. The summed E-state index contributed by atoms with van der Waals surface area (Å²) in [4.78, 5) is 16.4. The Hall–Kier alpha value is -2.30. The van der Waals surface area contributed by atoms with Gasteiger partial charge >= 0.3 is 0 Å². The van der Waals surface area contributed by atoms with E-state index in [0.717, 1.165) is 10.8 Å². The summed E-state index contributed by atoms with van der Waals surface area (Å²) in [6, 6.07) is 6.52. The molecule has 0 saturated carbocycles. The van der Waals surface area contributed by atoms with E-state index in [1.807, 2.05) is 32.9 Å². The molecule has 2 aromatic rings. The lowest BCUT2D eigenvalue weighted by molar-refractivity contribution is -0.122. The Labute approximate surface area is 124 Å². The first kappa shape index (κ1) is 15.1. The zero-order valence-electron chi connectivity index (χ0n) is 12.8. The maximum Gasteiger partial charge on any atom is 0.242 e. The number of aromatic nitrogens is 1. The maximum atomic E-state index is 12.1. The molecule has 3 N–H and O–H groups in total. The highest BCUT2D eigenvalue weighted by Crippen LogP contribution is 2.25. The molecule has 0 saturated heterocycles. The molecule has 2 rings (SSSR count). The number of fused-ring (bicyclic) bond motifs is 1. The Morgan fingerprint density at radius 3 is 2.67 bits per heavy atom. The van der Waals surface area contributed by atoms with Crippen molar-refractivity contribution < 1.29 is 9.90 Å². The van der Waals surface area contributed by atoms with Gasteiger partial charge in [-0.3, -0.25) is 4.79 Å². The SMILES string of the molecule is CC(Nc1nccc2ccc(O)cc12)C(=O)NC(C)(C)C. The Kier molecular flexibility index (Phi) is 4.02. The number of phenolic OH excluding ortho intramolecular Hbond substituents is 1. The molecule has 1 atom stereocenters. The monoisotopic (exact) mass is 287 g/mol. The second-order valence-corrected chi connectivity index (χ2v) is 6.17. The summed E-state index contributed by atoms with van der Waals surface area (Å²) in [7, 11) is 0. The second-order valence-electron chi connectivity index (χ2n) is 6.17. The van der Waals surface area contributed by atoms with Crippen LogP contribution in [0.15, 0.2) is 30.5 Å². The molecule has 1 amide bonds. The molecule has 1 aromatic heterocycles. The topological polar surface area (TPSA) is 74.2 Å². The molecule has 5 nitrogen and oxygen atoms in total. The number of hydrogen-bond donors (Lipinski definition) is 3. The van der Waals surface area contributed by atoms with Crippen molar-refractivity contribution in [3.05, 3.63) is 30.5 Å². The molecule has 1 unspecified atom stereocenters. The van der Waals surface area contributed by atoms with Crippen LogP contribution < -0.4 is 10.6 Å². The van der Waals surface area contributed by atoms with E-state index in [4.69, 9.17) is 0 Å². The molecular formula is C16H21N3O2. The van der Waals surface area contributed by atoms with Gasteiger partial charge in [-0.15, -0.1) is 0 Å². The number of nitrogens with one attached hydrogen (secondary N) is 2. The van der Waals surface area contributed by atoms with Gasteiger partial charge in [0.25, 0.3) is 0 Å². The fourth-order valence-corrected chi connectivity index (χ4v) is 2.02. The van der Waals surface area contributed by atoms with Crippen molar-refractivity contribution >= 4 is 22.5 Å². The average Bonchev–Trinajstić information content (AvgIpc) is 2.37. The summed E-state index contributed by atoms with van der Waals surface area (Å²) in [6.45, 7) is 7.59. The summed E-state index contributed by atoms with van der Waals surface area (Å²) in [5, 5.41) is 17.4. The third-order valence-corrected chi connectivity index (χ3v) is 2.99. The second kappa shape index (κ2) is 5.60. The van der Waals surface area contributed by atoms with Gasteiger partial charge in [-0.05, 0) is 51.3 Å². The van der Waals surface area contributed by atoms with E-state index in [-0.39, 0.29) is 17.2 Å². The predicted octanol–water partition coefficient (Wildman–Crippen LogP) is 2.66. The first-order valence-corrected chi connectivity index (χ1v) is 6.92. The van der Waals surface area contributed by atoms with Crippen LogP contribution in [-0.2, 0) is 4.79 Å². The van der Waals surface area contributed by atoms with Crippen LogP contribution in [0, 0.1) is 0 Å². The largest absolute Gasteiger partial charge is 0.508 e. The molecule has 0 aliphatic rings. The molecule has 21 heavy (non-hydrogen) atoms. The molecule has 0 fully saturated rings. The van der Waals surface area contributed by atoms with E-state index in [2.05, 4.69) is 15.6 Å². The van der Waals surface area contributed by atoms with Crippen LogP contribution in [0.1, 0.15) is 27.7 Å². The molecule has 0 aliphatic heterocycles. The van der Waals surface area contributed by atoms with Crippen molar-refractivity contribution in [2.45, 2.75) is 39.3 Å². The maximum absolute atomic E-state index is 12.1. The standard InChI is InChI=1S/C16H21N3O2/c1-10(15(21)19-16(2,3)4)18-14-13-9-12(20)6-5-11(13)7-8-17-14/h5-10,20H,1-4H3,(H,17,18)(H,19,21). The third kappa shape index (κ3) is 3.84. The lowest BCUT2D eigenvalue weighted by Crippen LogP contribution is -2.47. The van der Waals surface area contributed by atoms with Gasteiger partial charge in [0.05, 0.1) is 0 Å². The number of aromatic hydroxyl groups is 1. The van der Waals surface area contributed by atoms with Crippen molar-refractivity contribution in [1.29, 1.82) is 0 Å². The molecule has 1 heterocycles. The minimum absolute atomic E-state index is 0.0959. The molecule has 0 spiro atoms. The van der Waals surface area contributed by atoms with Crippen molar-refractivity contribution in [2.75, 3.05) is 5.32 Å². The van der Waals surface area contributed by atoms with Gasteiger partial charge in [-0.25, -0.2) is 4.98 Å². The first-order valence-electron chi connectivity index (χ1n) is 6.92. The number of pyridine rings is 1. The van der Waals surface area contributed by atoms with Gasteiger partial charge < -0.3 is 15.7 Å². The van der Waals surface area contributed by atoms with Crippen LogP contribution in [0.3, 0.4) is 0 Å².